The molecule has 90 valence electrons. The normalized spacial score (nSPS) is 27.9. The first kappa shape index (κ1) is 10.8. The topological polar surface area (TPSA) is 32.3 Å². The molecule has 1 N–H and O–H groups in total. The lowest BCUT2D eigenvalue weighted by molar-refractivity contribution is 0.0703. The third-order valence-electron chi connectivity index (χ3n) is 4.01. The summed E-state index contributed by atoms with van der Waals surface area (Å²) in [6.07, 6.45) is 2.38. The zero-order chi connectivity index (χ0) is 11.7. The van der Waals surface area contributed by atoms with Gasteiger partial charge in [-0.3, -0.25) is 4.79 Å². The zero-order valence-electron chi connectivity index (χ0n) is 9.93. The Labute approximate surface area is 102 Å². The fourth-order valence-corrected chi connectivity index (χ4v) is 3.07. The first-order chi connectivity index (χ1) is 8.36. The van der Waals surface area contributed by atoms with Crippen LogP contribution in [0.5, 0.6) is 0 Å². The molecular weight excluding hydrogens is 212 g/mol. The van der Waals surface area contributed by atoms with Crippen molar-refractivity contribution in [1.82, 2.24) is 10.2 Å². The molecule has 1 amide bonds. The average Bonchev–Trinajstić information content (AvgIpc) is 2.83. The molecule has 2 unspecified atom stereocenters. The van der Waals surface area contributed by atoms with Gasteiger partial charge in [0.2, 0.25) is 0 Å². The minimum atomic E-state index is 0.196. The summed E-state index contributed by atoms with van der Waals surface area (Å²) < 4.78 is 0. The van der Waals surface area contributed by atoms with Gasteiger partial charge < -0.3 is 10.2 Å². The monoisotopic (exact) mass is 230 g/mol. The number of benzene rings is 1. The third-order valence-corrected chi connectivity index (χ3v) is 4.01. The molecular formula is C14H18N2O. The highest BCUT2D eigenvalue weighted by atomic mass is 16.2. The van der Waals surface area contributed by atoms with Gasteiger partial charge >= 0.3 is 0 Å². The molecule has 2 atom stereocenters. The van der Waals surface area contributed by atoms with E-state index in [-0.39, 0.29) is 5.91 Å². The van der Waals surface area contributed by atoms with E-state index in [9.17, 15) is 4.79 Å². The predicted octanol–water partition coefficient (Wildman–Crippen LogP) is 1.51. The number of rotatable bonds is 1. The van der Waals surface area contributed by atoms with E-state index in [0.717, 1.165) is 25.2 Å². The van der Waals surface area contributed by atoms with Crippen LogP contribution in [0.4, 0.5) is 0 Å². The standard InChI is InChI=1S/C14H18N2O/c17-14(12-4-2-1-3-5-12)16-9-7-11-6-8-15-10-13(11)16/h1-5,11,13,15H,6-10H2. The fraction of sp³-hybridized carbons (Fsp3) is 0.500. The number of nitrogens with one attached hydrogen (secondary N) is 1. The molecule has 1 aromatic rings. The van der Waals surface area contributed by atoms with Crippen molar-refractivity contribution in [2.45, 2.75) is 18.9 Å². The quantitative estimate of drug-likeness (QED) is 0.793. The number of nitrogens with zero attached hydrogens (tertiary/aromatic N) is 1. The second-order valence-corrected chi connectivity index (χ2v) is 4.97. The van der Waals surface area contributed by atoms with E-state index in [1.165, 1.54) is 12.8 Å². The summed E-state index contributed by atoms with van der Waals surface area (Å²) in [6, 6.07) is 10.0. The van der Waals surface area contributed by atoms with Crippen molar-refractivity contribution >= 4 is 5.91 Å². The van der Waals surface area contributed by atoms with Gasteiger partial charge in [-0.25, -0.2) is 0 Å². The van der Waals surface area contributed by atoms with Crippen molar-refractivity contribution in [3.05, 3.63) is 35.9 Å². The number of fused-ring (bicyclic) bond motifs is 1. The Bertz CT molecular complexity index is 404. The minimum absolute atomic E-state index is 0.196. The van der Waals surface area contributed by atoms with Gasteiger partial charge in [-0.2, -0.15) is 0 Å². The molecule has 3 heteroatoms. The van der Waals surface area contributed by atoms with Gasteiger partial charge in [0, 0.05) is 24.7 Å². The smallest absolute Gasteiger partial charge is 0.254 e. The summed E-state index contributed by atoms with van der Waals surface area (Å²) in [7, 11) is 0. The lowest BCUT2D eigenvalue weighted by atomic mass is 9.93. The Morgan fingerprint density at radius 2 is 2.06 bits per heavy atom. The van der Waals surface area contributed by atoms with Gasteiger partial charge in [0.25, 0.3) is 5.91 Å². The van der Waals surface area contributed by atoms with Crippen molar-refractivity contribution in [3.8, 4) is 0 Å². The molecule has 0 spiro atoms. The molecule has 17 heavy (non-hydrogen) atoms. The molecule has 0 aromatic heterocycles. The summed E-state index contributed by atoms with van der Waals surface area (Å²) in [5, 5.41) is 3.40. The number of hydrogen-bond donors (Lipinski definition) is 1. The van der Waals surface area contributed by atoms with Crippen LogP contribution in [0, 0.1) is 5.92 Å². The van der Waals surface area contributed by atoms with Gasteiger partial charge in [-0.1, -0.05) is 18.2 Å². The van der Waals surface area contributed by atoms with Crippen LogP contribution in [0.3, 0.4) is 0 Å². The summed E-state index contributed by atoms with van der Waals surface area (Å²) in [6.45, 7) is 2.99. The SMILES string of the molecule is O=C(c1ccccc1)N1CCC2CCNCC21. The number of carbonyl (C=O) groups excluding carboxylic acids is 1. The van der Waals surface area contributed by atoms with Gasteiger partial charge in [-0.05, 0) is 37.4 Å². The van der Waals surface area contributed by atoms with E-state index in [0.29, 0.717) is 12.0 Å². The molecule has 0 radical (unpaired) electrons. The third kappa shape index (κ3) is 1.95. The molecule has 2 saturated heterocycles. The fourth-order valence-electron chi connectivity index (χ4n) is 3.07. The molecule has 0 saturated carbocycles. The van der Waals surface area contributed by atoms with Crippen LogP contribution in [0.15, 0.2) is 30.3 Å². The van der Waals surface area contributed by atoms with Crippen LogP contribution in [-0.4, -0.2) is 36.5 Å². The summed E-state index contributed by atoms with van der Waals surface area (Å²) >= 11 is 0. The largest absolute Gasteiger partial charge is 0.334 e. The van der Waals surface area contributed by atoms with Crippen LogP contribution in [0.2, 0.25) is 0 Å². The molecule has 1 aromatic carbocycles. The van der Waals surface area contributed by atoms with Crippen LogP contribution in [0.25, 0.3) is 0 Å². The maximum absolute atomic E-state index is 12.4. The molecule has 2 heterocycles. The molecule has 3 nitrogen and oxygen atoms in total. The molecule has 3 rings (SSSR count). The Morgan fingerprint density at radius 3 is 2.88 bits per heavy atom. The molecule has 2 aliphatic heterocycles. The maximum atomic E-state index is 12.4. The van der Waals surface area contributed by atoms with Crippen LogP contribution in [0.1, 0.15) is 23.2 Å². The molecule has 0 aliphatic carbocycles. The highest BCUT2D eigenvalue weighted by molar-refractivity contribution is 5.94. The van der Waals surface area contributed by atoms with Gasteiger partial charge in [0.1, 0.15) is 0 Å². The predicted molar refractivity (Wildman–Crippen MR) is 66.9 cm³/mol. The van der Waals surface area contributed by atoms with E-state index in [4.69, 9.17) is 0 Å². The van der Waals surface area contributed by atoms with E-state index in [1.807, 2.05) is 30.3 Å². The Kier molecular flexibility index (Phi) is 2.85. The molecule has 2 fully saturated rings. The van der Waals surface area contributed by atoms with Gasteiger partial charge in [0.15, 0.2) is 0 Å². The van der Waals surface area contributed by atoms with Crippen molar-refractivity contribution in [1.29, 1.82) is 0 Å². The summed E-state index contributed by atoms with van der Waals surface area (Å²) in [5.41, 5.74) is 0.818. The van der Waals surface area contributed by atoms with Crippen molar-refractivity contribution in [2.75, 3.05) is 19.6 Å². The maximum Gasteiger partial charge on any atom is 0.254 e. The number of amides is 1. The van der Waals surface area contributed by atoms with E-state index < -0.39 is 0 Å². The van der Waals surface area contributed by atoms with E-state index in [1.54, 1.807) is 0 Å². The van der Waals surface area contributed by atoms with E-state index >= 15 is 0 Å². The van der Waals surface area contributed by atoms with Crippen LogP contribution < -0.4 is 5.32 Å². The second-order valence-electron chi connectivity index (χ2n) is 4.97. The summed E-state index contributed by atoms with van der Waals surface area (Å²) in [4.78, 5) is 14.5. The van der Waals surface area contributed by atoms with E-state index in [2.05, 4.69) is 10.2 Å². The van der Waals surface area contributed by atoms with Crippen molar-refractivity contribution in [2.24, 2.45) is 5.92 Å². The van der Waals surface area contributed by atoms with Gasteiger partial charge in [0.05, 0.1) is 0 Å². The number of likely N-dealkylation sites (tertiary alicyclic amines) is 1. The first-order valence-corrected chi connectivity index (χ1v) is 6.43. The zero-order valence-corrected chi connectivity index (χ0v) is 9.93. The van der Waals surface area contributed by atoms with Gasteiger partial charge in [-0.15, -0.1) is 0 Å². The highest BCUT2D eigenvalue weighted by Gasteiger charge is 2.38. The molecule has 2 aliphatic rings. The number of hydrogen-bond acceptors (Lipinski definition) is 2. The number of carbonyl (C=O) groups is 1. The lowest BCUT2D eigenvalue weighted by Crippen LogP contribution is -2.48. The summed E-state index contributed by atoms with van der Waals surface area (Å²) in [5.74, 6) is 0.908. The number of piperidine rings is 1. The minimum Gasteiger partial charge on any atom is -0.334 e. The first-order valence-electron chi connectivity index (χ1n) is 6.43. The van der Waals surface area contributed by atoms with Crippen LogP contribution >= 0.6 is 0 Å². The van der Waals surface area contributed by atoms with Crippen molar-refractivity contribution in [3.63, 3.8) is 0 Å². The van der Waals surface area contributed by atoms with Crippen LogP contribution in [-0.2, 0) is 0 Å². The second kappa shape index (κ2) is 4.49. The Balaban J connectivity index is 1.79. The highest BCUT2D eigenvalue weighted by Crippen LogP contribution is 2.29. The average molecular weight is 230 g/mol. The molecule has 0 bridgehead atoms. The van der Waals surface area contributed by atoms with Crippen molar-refractivity contribution < 1.29 is 4.79 Å². The Hall–Kier alpha value is -1.35. The Morgan fingerprint density at radius 1 is 1.24 bits per heavy atom. The lowest BCUT2D eigenvalue weighted by Gasteiger charge is -2.32.